The summed E-state index contributed by atoms with van der Waals surface area (Å²) in [6.07, 6.45) is 2.50. The van der Waals surface area contributed by atoms with Crippen molar-refractivity contribution in [2.45, 2.75) is 32.0 Å². The second-order valence-corrected chi connectivity index (χ2v) is 8.00. The second-order valence-electron chi connectivity index (χ2n) is 7.56. The van der Waals surface area contributed by atoms with Crippen molar-refractivity contribution >= 4 is 17.3 Å². The standard InChI is InChI=1S/C21H28ClN3O2/c22-17-3-1-4-18(13-17)24-9-11-25(12-10-24)19-5-2-8-23(14-19)15-20-6-7-21(16-26)27-20/h1,3-4,6-7,13,19,26H,2,5,8-12,14-16H2/t19-/m1/s1. The Morgan fingerprint density at radius 1 is 1.04 bits per heavy atom. The Morgan fingerprint density at radius 3 is 2.59 bits per heavy atom. The first-order chi connectivity index (χ1) is 13.2. The number of halogens is 1. The van der Waals surface area contributed by atoms with Gasteiger partial charge in [0, 0.05) is 49.5 Å². The molecule has 5 nitrogen and oxygen atoms in total. The SMILES string of the molecule is OCc1ccc(CN2CCC[C@@H](N3CCN(c4cccc(Cl)c4)CC3)C2)o1. The van der Waals surface area contributed by atoms with E-state index in [1.54, 1.807) is 0 Å². The van der Waals surface area contributed by atoms with Crippen LogP contribution in [-0.2, 0) is 13.2 Å². The molecule has 1 aromatic carbocycles. The van der Waals surface area contributed by atoms with E-state index in [2.05, 4.69) is 26.8 Å². The van der Waals surface area contributed by atoms with E-state index >= 15 is 0 Å². The van der Waals surface area contributed by atoms with Gasteiger partial charge >= 0.3 is 0 Å². The monoisotopic (exact) mass is 389 g/mol. The minimum atomic E-state index is -0.0282. The van der Waals surface area contributed by atoms with Gasteiger partial charge in [0.25, 0.3) is 0 Å². The Kier molecular flexibility index (Phi) is 6.03. The Morgan fingerprint density at radius 2 is 1.85 bits per heavy atom. The van der Waals surface area contributed by atoms with Gasteiger partial charge in [0.15, 0.2) is 0 Å². The number of piperidine rings is 1. The lowest BCUT2D eigenvalue weighted by Gasteiger charge is -2.43. The maximum Gasteiger partial charge on any atom is 0.129 e. The fourth-order valence-corrected chi connectivity index (χ4v) is 4.49. The first kappa shape index (κ1) is 18.8. The number of nitrogens with zero attached hydrogens (tertiary/aromatic N) is 3. The zero-order valence-electron chi connectivity index (χ0n) is 15.7. The summed E-state index contributed by atoms with van der Waals surface area (Å²) in [6, 6.07) is 12.6. The van der Waals surface area contributed by atoms with Gasteiger partial charge in [-0.3, -0.25) is 9.80 Å². The molecule has 6 heteroatoms. The third-order valence-corrected chi connectivity index (χ3v) is 5.97. The maximum absolute atomic E-state index is 9.16. The number of aliphatic hydroxyl groups is 1. The van der Waals surface area contributed by atoms with Crippen molar-refractivity contribution in [3.8, 4) is 0 Å². The van der Waals surface area contributed by atoms with Gasteiger partial charge in [-0.2, -0.15) is 0 Å². The van der Waals surface area contributed by atoms with E-state index in [0.29, 0.717) is 11.8 Å². The number of aliphatic hydroxyl groups excluding tert-OH is 1. The molecule has 2 aliphatic rings. The molecule has 2 fully saturated rings. The van der Waals surface area contributed by atoms with Crippen LogP contribution in [0.2, 0.25) is 5.02 Å². The third kappa shape index (κ3) is 4.66. The van der Waals surface area contributed by atoms with Crippen LogP contribution in [0.25, 0.3) is 0 Å². The Balaban J connectivity index is 1.30. The normalized spacial score (nSPS) is 22.3. The van der Waals surface area contributed by atoms with Crippen molar-refractivity contribution < 1.29 is 9.52 Å². The molecule has 2 aromatic rings. The summed E-state index contributed by atoms with van der Waals surface area (Å²) in [5, 5.41) is 9.97. The smallest absolute Gasteiger partial charge is 0.129 e. The molecule has 27 heavy (non-hydrogen) atoms. The number of anilines is 1. The van der Waals surface area contributed by atoms with Gasteiger partial charge in [-0.25, -0.2) is 0 Å². The molecule has 2 saturated heterocycles. The average Bonchev–Trinajstić information content (AvgIpc) is 3.16. The molecule has 2 aliphatic heterocycles. The molecule has 0 spiro atoms. The van der Waals surface area contributed by atoms with E-state index in [1.807, 2.05) is 24.3 Å². The highest BCUT2D eigenvalue weighted by molar-refractivity contribution is 6.30. The second kappa shape index (κ2) is 8.65. The van der Waals surface area contributed by atoms with Crippen LogP contribution in [0.4, 0.5) is 5.69 Å². The first-order valence-corrected chi connectivity index (χ1v) is 10.2. The highest BCUT2D eigenvalue weighted by Crippen LogP contribution is 2.24. The summed E-state index contributed by atoms with van der Waals surface area (Å²) in [4.78, 5) is 7.56. The zero-order chi connectivity index (χ0) is 18.6. The van der Waals surface area contributed by atoms with Gasteiger partial charge in [-0.15, -0.1) is 0 Å². The maximum atomic E-state index is 9.16. The lowest BCUT2D eigenvalue weighted by atomic mass is 10.0. The summed E-state index contributed by atoms with van der Waals surface area (Å²) in [7, 11) is 0. The fourth-order valence-electron chi connectivity index (χ4n) is 4.30. The number of hydrogen-bond acceptors (Lipinski definition) is 5. The molecular formula is C21H28ClN3O2. The van der Waals surface area contributed by atoms with Crippen LogP contribution >= 0.6 is 11.6 Å². The summed E-state index contributed by atoms with van der Waals surface area (Å²) < 4.78 is 5.67. The minimum Gasteiger partial charge on any atom is -0.462 e. The predicted molar refractivity (Wildman–Crippen MR) is 108 cm³/mol. The molecule has 146 valence electrons. The molecular weight excluding hydrogens is 362 g/mol. The predicted octanol–water partition coefficient (Wildman–Crippen LogP) is 3.21. The number of likely N-dealkylation sites (tertiary alicyclic amines) is 1. The van der Waals surface area contributed by atoms with Crippen LogP contribution in [-0.4, -0.2) is 60.2 Å². The van der Waals surface area contributed by atoms with E-state index in [0.717, 1.165) is 56.6 Å². The van der Waals surface area contributed by atoms with Crippen molar-refractivity contribution in [2.24, 2.45) is 0 Å². The number of hydrogen-bond donors (Lipinski definition) is 1. The molecule has 0 aliphatic carbocycles. The molecule has 3 heterocycles. The largest absolute Gasteiger partial charge is 0.462 e. The van der Waals surface area contributed by atoms with Crippen LogP contribution in [0.5, 0.6) is 0 Å². The highest BCUT2D eigenvalue weighted by Gasteiger charge is 2.28. The molecule has 0 bridgehead atoms. The quantitative estimate of drug-likeness (QED) is 0.850. The lowest BCUT2D eigenvalue weighted by molar-refractivity contribution is 0.0842. The van der Waals surface area contributed by atoms with Gasteiger partial charge in [0.2, 0.25) is 0 Å². The molecule has 4 rings (SSSR count). The minimum absolute atomic E-state index is 0.0282. The molecule has 0 saturated carbocycles. The molecule has 0 unspecified atom stereocenters. The van der Waals surface area contributed by atoms with E-state index < -0.39 is 0 Å². The van der Waals surface area contributed by atoms with Crippen molar-refractivity contribution in [1.29, 1.82) is 0 Å². The van der Waals surface area contributed by atoms with E-state index in [4.69, 9.17) is 21.1 Å². The average molecular weight is 390 g/mol. The van der Waals surface area contributed by atoms with E-state index in [-0.39, 0.29) is 6.61 Å². The molecule has 0 amide bonds. The van der Waals surface area contributed by atoms with Crippen LogP contribution in [0.3, 0.4) is 0 Å². The van der Waals surface area contributed by atoms with Crippen molar-refractivity contribution in [2.75, 3.05) is 44.2 Å². The van der Waals surface area contributed by atoms with E-state index in [1.165, 1.54) is 18.5 Å². The number of rotatable bonds is 5. The van der Waals surface area contributed by atoms with Gasteiger partial charge in [0.05, 0.1) is 6.54 Å². The van der Waals surface area contributed by atoms with Gasteiger partial charge in [-0.1, -0.05) is 17.7 Å². The first-order valence-electron chi connectivity index (χ1n) is 9.86. The van der Waals surface area contributed by atoms with Crippen LogP contribution in [0, 0.1) is 0 Å². The summed E-state index contributed by atoms with van der Waals surface area (Å²) in [5.41, 5.74) is 1.23. The summed E-state index contributed by atoms with van der Waals surface area (Å²) in [6.45, 7) is 7.31. The van der Waals surface area contributed by atoms with Crippen molar-refractivity contribution in [3.63, 3.8) is 0 Å². The van der Waals surface area contributed by atoms with E-state index in [9.17, 15) is 0 Å². The molecule has 1 aromatic heterocycles. The van der Waals surface area contributed by atoms with Crippen molar-refractivity contribution in [1.82, 2.24) is 9.80 Å². The Hall–Kier alpha value is -1.53. The fraction of sp³-hybridized carbons (Fsp3) is 0.524. The summed E-state index contributed by atoms with van der Waals surface area (Å²) >= 11 is 6.14. The van der Waals surface area contributed by atoms with Gasteiger partial charge in [0.1, 0.15) is 18.1 Å². The van der Waals surface area contributed by atoms with Crippen LogP contribution in [0.15, 0.2) is 40.8 Å². The van der Waals surface area contributed by atoms with Crippen LogP contribution in [0.1, 0.15) is 24.4 Å². The van der Waals surface area contributed by atoms with Gasteiger partial charge < -0.3 is 14.4 Å². The lowest BCUT2D eigenvalue weighted by Crippen LogP contribution is -2.55. The number of furan rings is 1. The Bertz CT molecular complexity index is 743. The number of piperazine rings is 1. The zero-order valence-corrected chi connectivity index (χ0v) is 16.4. The number of benzene rings is 1. The topological polar surface area (TPSA) is 43.1 Å². The molecule has 1 atom stereocenters. The Labute approximate surface area is 166 Å². The molecule has 1 N–H and O–H groups in total. The van der Waals surface area contributed by atoms with Crippen molar-refractivity contribution in [3.05, 3.63) is 52.9 Å². The van der Waals surface area contributed by atoms with Crippen LogP contribution < -0.4 is 4.90 Å². The van der Waals surface area contributed by atoms with Gasteiger partial charge in [-0.05, 0) is 49.7 Å². The molecule has 0 radical (unpaired) electrons. The summed E-state index contributed by atoms with van der Waals surface area (Å²) in [5.74, 6) is 1.60. The highest BCUT2D eigenvalue weighted by atomic mass is 35.5. The third-order valence-electron chi connectivity index (χ3n) is 5.74.